The van der Waals surface area contributed by atoms with E-state index in [0.29, 0.717) is 12.8 Å². The monoisotopic (exact) mass is 199 g/mol. The second kappa shape index (κ2) is 6.02. The van der Waals surface area contributed by atoms with Crippen LogP contribution in [0.1, 0.15) is 45.4 Å². The third-order valence-corrected chi connectivity index (χ3v) is 2.73. The number of nitrogens with zero attached hydrogens (tertiary/aromatic N) is 1. The van der Waals surface area contributed by atoms with E-state index < -0.39 is 0 Å². The lowest BCUT2D eigenvalue weighted by molar-refractivity contribution is -0.131. The number of amides is 1. The Bertz CT molecular complexity index is 172. The van der Waals surface area contributed by atoms with Crippen LogP contribution in [0.25, 0.3) is 0 Å². The lowest BCUT2D eigenvalue weighted by atomic mass is 10.2. The Morgan fingerprint density at radius 3 is 2.36 bits per heavy atom. The highest BCUT2D eigenvalue weighted by Gasteiger charge is 2.15. The summed E-state index contributed by atoms with van der Waals surface area (Å²) in [5.74, 6) is 0.216. The Hall–Kier alpha value is -0.570. The number of carbonyl (C=O) groups is 1. The van der Waals surface area contributed by atoms with E-state index in [4.69, 9.17) is 5.11 Å². The smallest absolute Gasteiger partial charge is 0.222 e. The lowest BCUT2D eigenvalue weighted by Crippen LogP contribution is -2.32. The van der Waals surface area contributed by atoms with Gasteiger partial charge in [0.25, 0.3) is 0 Å². The molecule has 1 atom stereocenters. The second-order valence-corrected chi connectivity index (χ2v) is 4.18. The average molecular weight is 199 g/mol. The van der Waals surface area contributed by atoms with E-state index in [1.807, 2.05) is 4.90 Å². The maximum absolute atomic E-state index is 11.7. The topological polar surface area (TPSA) is 40.5 Å². The van der Waals surface area contributed by atoms with Gasteiger partial charge in [0.1, 0.15) is 0 Å². The van der Waals surface area contributed by atoms with Crippen LogP contribution in [-0.2, 0) is 4.79 Å². The van der Waals surface area contributed by atoms with Crippen molar-refractivity contribution in [3.63, 3.8) is 0 Å². The molecule has 1 aliphatic rings. The molecule has 3 nitrogen and oxygen atoms in total. The Morgan fingerprint density at radius 2 is 1.86 bits per heavy atom. The minimum atomic E-state index is -0.356. The summed E-state index contributed by atoms with van der Waals surface area (Å²) in [7, 11) is 0. The summed E-state index contributed by atoms with van der Waals surface area (Å²) in [5, 5.41) is 9.08. The Labute approximate surface area is 86.1 Å². The highest BCUT2D eigenvalue weighted by molar-refractivity contribution is 5.76. The van der Waals surface area contributed by atoms with Crippen LogP contribution in [0, 0.1) is 0 Å². The largest absolute Gasteiger partial charge is 0.393 e. The maximum Gasteiger partial charge on any atom is 0.222 e. The molecule has 14 heavy (non-hydrogen) atoms. The van der Waals surface area contributed by atoms with Gasteiger partial charge in [-0.05, 0) is 26.2 Å². The zero-order chi connectivity index (χ0) is 10.4. The van der Waals surface area contributed by atoms with Crippen LogP contribution < -0.4 is 0 Å². The summed E-state index contributed by atoms with van der Waals surface area (Å²) in [6.45, 7) is 3.56. The van der Waals surface area contributed by atoms with Gasteiger partial charge in [-0.1, -0.05) is 12.8 Å². The fourth-order valence-electron chi connectivity index (χ4n) is 1.81. The van der Waals surface area contributed by atoms with Gasteiger partial charge in [-0.25, -0.2) is 0 Å². The number of aliphatic hydroxyl groups excluding tert-OH is 1. The van der Waals surface area contributed by atoms with Crippen LogP contribution in [-0.4, -0.2) is 35.1 Å². The first-order chi connectivity index (χ1) is 6.70. The molecule has 0 bridgehead atoms. The summed E-state index contributed by atoms with van der Waals surface area (Å²) >= 11 is 0. The standard InChI is InChI=1S/C11H21NO2/c1-10(13)6-7-11(14)12-8-4-2-3-5-9-12/h10,13H,2-9H2,1H3. The average Bonchev–Trinajstić information content (AvgIpc) is 2.42. The fraction of sp³-hybridized carbons (Fsp3) is 0.909. The Balaban J connectivity index is 2.27. The highest BCUT2D eigenvalue weighted by atomic mass is 16.3. The lowest BCUT2D eigenvalue weighted by Gasteiger charge is -2.20. The molecule has 1 amide bonds. The first-order valence-corrected chi connectivity index (χ1v) is 5.66. The molecule has 0 aromatic rings. The van der Waals surface area contributed by atoms with Gasteiger partial charge in [-0.15, -0.1) is 0 Å². The van der Waals surface area contributed by atoms with Crippen molar-refractivity contribution in [1.29, 1.82) is 0 Å². The van der Waals surface area contributed by atoms with Crippen molar-refractivity contribution in [2.24, 2.45) is 0 Å². The van der Waals surface area contributed by atoms with Gasteiger partial charge in [-0.3, -0.25) is 4.79 Å². The molecule has 0 aromatic heterocycles. The normalized spacial score (nSPS) is 20.3. The van der Waals surface area contributed by atoms with Gasteiger partial charge >= 0.3 is 0 Å². The number of hydrogen-bond acceptors (Lipinski definition) is 2. The number of hydrogen-bond donors (Lipinski definition) is 1. The molecule has 1 aliphatic heterocycles. The van der Waals surface area contributed by atoms with E-state index in [9.17, 15) is 4.79 Å². The quantitative estimate of drug-likeness (QED) is 0.749. The molecular weight excluding hydrogens is 178 g/mol. The van der Waals surface area contributed by atoms with Gasteiger partial charge < -0.3 is 10.0 Å². The summed E-state index contributed by atoms with van der Waals surface area (Å²) in [6.07, 6.45) is 5.51. The maximum atomic E-state index is 11.7. The van der Waals surface area contributed by atoms with E-state index in [1.54, 1.807) is 6.92 Å². The van der Waals surface area contributed by atoms with Crippen molar-refractivity contribution in [1.82, 2.24) is 4.90 Å². The number of carbonyl (C=O) groups excluding carboxylic acids is 1. The summed E-state index contributed by atoms with van der Waals surface area (Å²) in [5.41, 5.74) is 0. The van der Waals surface area contributed by atoms with Crippen LogP contribution in [0.4, 0.5) is 0 Å². The van der Waals surface area contributed by atoms with Crippen molar-refractivity contribution >= 4 is 5.91 Å². The van der Waals surface area contributed by atoms with Crippen LogP contribution in [0.5, 0.6) is 0 Å². The molecule has 0 spiro atoms. The molecule has 1 fully saturated rings. The van der Waals surface area contributed by atoms with E-state index >= 15 is 0 Å². The molecule has 0 aromatic carbocycles. The van der Waals surface area contributed by atoms with Gasteiger partial charge in [0, 0.05) is 19.5 Å². The highest BCUT2D eigenvalue weighted by Crippen LogP contribution is 2.11. The molecule has 1 heterocycles. The van der Waals surface area contributed by atoms with Gasteiger partial charge in [0.15, 0.2) is 0 Å². The molecular formula is C11H21NO2. The van der Waals surface area contributed by atoms with Crippen molar-refractivity contribution in [3.05, 3.63) is 0 Å². The predicted molar refractivity (Wildman–Crippen MR) is 56.0 cm³/mol. The zero-order valence-corrected chi connectivity index (χ0v) is 9.04. The number of rotatable bonds is 3. The molecule has 1 unspecified atom stereocenters. The van der Waals surface area contributed by atoms with E-state index in [0.717, 1.165) is 25.9 Å². The second-order valence-electron chi connectivity index (χ2n) is 4.18. The van der Waals surface area contributed by atoms with Crippen LogP contribution in [0.3, 0.4) is 0 Å². The van der Waals surface area contributed by atoms with E-state index in [2.05, 4.69) is 0 Å². The summed E-state index contributed by atoms with van der Waals surface area (Å²) in [6, 6.07) is 0. The van der Waals surface area contributed by atoms with Gasteiger partial charge in [0.2, 0.25) is 5.91 Å². The van der Waals surface area contributed by atoms with Crippen LogP contribution in [0.2, 0.25) is 0 Å². The zero-order valence-electron chi connectivity index (χ0n) is 9.04. The molecule has 3 heteroatoms. The Kier molecular flexibility index (Phi) is 4.94. The molecule has 0 aliphatic carbocycles. The predicted octanol–water partition coefficient (Wildman–Crippen LogP) is 1.55. The third-order valence-electron chi connectivity index (χ3n) is 2.73. The molecule has 0 saturated carbocycles. The molecule has 1 rings (SSSR count). The van der Waals surface area contributed by atoms with Crippen molar-refractivity contribution in [2.45, 2.75) is 51.6 Å². The number of aliphatic hydroxyl groups is 1. The fourth-order valence-corrected chi connectivity index (χ4v) is 1.81. The van der Waals surface area contributed by atoms with Gasteiger partial charge in [0.05, 0.1) is 6.10 Å². The van der Waals surface area contributed by atoms with Crippen LogP contribution >= 0.6 is 0 Å². The third kappa shape index (κ3) is 4.09. The van der Waals surface area contributed by atoms with Crippen LogP contribution in [0.15, 0.2) is 0 Å². The minimum absolute atomic E-state index is 0.216. The molecule has 1 N–H and O–H groups in total. The summed E-state index contributed by atoms with van der Waals surface area (Å²) < 4.78 is 0. The van der Waals surface area contributed by atoms with Crippen molar-refractivity contribution in [3.8, 4) is 0 Å². The van der Waals surface area contributed by atoms with Crippen molar-refractivity contribution < 1.29 is 9.90 Å². The minimum Gasteiger partial charge on any atom is -0.393 e. The van der Waals surface area contributed by atoms with Crippen molar-refractivity contribution in [2.75, 3.05) is 13.1 Å². The van der Waals surface area contributed by atoms with E-state index in [1.165, 1.54) is 12.8 Å². The molecule has 0 radical (unpaired) electrons. The molecule has 1 saturated heterocycles. The van der Waals surface area contributed by atoms with E-state index in [-0.39, 0.29) is 12.0 Å². The first-order valence-electron chi connectivity index (χ1n) is 5.66. The SMILES string of the molecule is CC(O)CCC(=O)N1CCCCCC1. The summed E-state index contributed by atoms with van der Waals surface area (Å²) in [4.78, 5) is 13.6. The van der Waals surface area contributed by atoms with Gasteiger partial charge in [-0.2, -0.15) is 0 Å². The first kappa shape index (κ1) is 11.5. The Morgan fingerprint density at radius 1 is 1.29 bits per heavy atom. The number of likely N-dealkylation sites (tertiary alicyclic amines) is 1. The molecule has 82 valence electrons.